The number of aromatic nitrogens is 2. The number of hydrogen-bond acceptors (Lipinski definition) is 3. The van der Waals surface area contributed by atoms with Crippen molar-refractivity contribution in [3.05, 3.63) is 36.3 Å². The molecule has 5 heteroatoms. The molecule has 0 N–H and O–H groups in total. The van der Waals surface area contributed by atoms with Crippen molar-refractivity contribution in [2.45, 2.75) is 57.5 Å². The molecule has 0 aromatic carbocycles. The molecule has 0 unspecified atom stereocenters. The van der Waals surface area contributed by atoms with Crippen LogP contribution in [0.4, 0.5) is 0 Å². The Labute approximate surface area is 155 Å². The fourth-order valence-electron chi connectivity index (χ4n) is 4.38. The summed E-state index contributed by atoms with van der Waals surface area (Å²) in [6.45, 7) is 2.17. The van der Waals surface area contributed by atoms with Crippen LogP contribution in [0.3, 0.4) is 0 Å². The van der Waals surface area contributed by atoms with Crippen molar-refractivity contribution >= 4 is 11.6 Å². The second-order valence-electron chi connectivity index (χ2n) is 7.77. The number of nitrogens with zero attached hydrogens (tertiary/aromatic N) is 3. The van der Waals surface area contributed by atoms with Gasteiger partial charge in [-0.15, -0.1) is 0 Å². The van der Waals surface area contributed by atoms with Gasteiger partial charge in [-0.2, -0.15) is 0 Å². The van der Waals surface area contributed by atoms with E-state index in [4.69, 9.17) is 4.74 Å². The summed E-state index contributed by atoms with van der Waals surface area (Å²) >= 11 is 0. The molecule has 3 heterocycles. The first-order chi connectivity index (χ1) is 12.8. The van der Waals surface area contributed by atoms with E-state index in [-0.39, 0.29) is 12.0 Å². The molecule has 1 atom stereocenters. The third-order valence-corrected chi connectivity index (χ3v) is 5.82. The van der Waals surface area contributed by atoms with E-state index in [1.54, 1.807) is 0 Å². The number of imidazole rings is 1. The molecule has 2 aromatic heterocycles. The SMILES string of the molecule is O=C(CCc1cn2ccccc2n1)N1CCO[C@H](CC2CCCCC2)C1. The summed E-state index contributed by atoms with van der Waals surface area (Å²) in [6, 6.07) is 5.96. The third kappa shape index (κ3) is 4.26. The number of amides is 1. The average Bonchev–Trinajstić information content (AvgIpc) is 3.10. The molecule has 140 valence electrons. The van der Waals surface area contributed by atoms with Gasteiger partial charge < -0.3 is 14.0 Å². The number of ether oxygens (including phenoxy) is 1. The van der Waals surface area contributed by atoms with Crippen LogP contribution in [0.2, 0.25) is 0 Å². The summed E-state index contributed by atoms with van der Waals surface area (Å²) in [7, 11) is 0. The van der Waals surface area contributed by atoms with Gasteiger partial charge >= 0.3 is 0 Å². The Morgan fingerprint density at radius 3 is 2.96 bits per heavy atom. The second-order valence-corrected chi connectivity index (χ2v) is 7.77. The van der Waals surface area contributed by atoms with E-state index in [1.807, 2.05) is 39.9 Å². The lowest BCUT2D eigenvalue weighted by Gasteiger charge is -2.35. The summed E-state index contributed by atoms with van der Waals surface area (Å²) < 4.78 is 7.96. The number of hydrogen-bond donors (Lipinski definition) is 0. The molecular weight excluding hydrogens is 326 g/mol. The van der Waals surface area contributed by atoms with Crippen molar-refractivity contribution in [3.63, 3.8) is 0 Å². The van der Waals surface area contributed by atoms with Gasteiger partial charge in [-0.1, -0.05) is 38.2 Å². The van der Waals surface area contributed by atoms with Crippen LogP contribution in [0.1, 0.15) is 50.6 Å². The second kappa shape index (κ2) is 8.21. The zero-order valence-electron chi connectivity index (χ0n) is 15.5. The van der Waals surface area contributed by atoms with Crippen molar-refractivity contribution in [3.8, 4) is 0 Å². The van der Waals surface area contributed by atoms with Gasteiger partial charge in [0.05, 0.1) is 18.4 Å². The van der Waals surface area contributed by atoms with E-state index in [0.29, 0.717) is 19.4 Å². The first-order valence-electron chi connectivity index (χ1n) is 10.1. The maximum atomic E-state index is 12.7. The molecule has 5 nitrogen and oxygen atoms in total. The molecule has 1 aliphatic carbocycles. The van der Waals surface area contributed by atoms with E-state index in [2.05, 4.69) is 4.98 Å². The Hall–Kier alpha value is -1.88. The summed E-state index contributed by atoms with van der Waals surface area (Å²) in [5.74, 6) is 1.03. The van der Waals surface area contributed by atoms with Crippen LogP contribution in [-0.2, 0) is 16.0 Å². The molecule has 1 amide bonds. The Morgan fingerprint density at radius 1 is 1.23 bits per heavy atom. The monoisotopic (exact) mass is 355 g/mol. The van der Waals surface area contributed by atoms with Crippen molar-refractivity contribution in [1.29, 1.82) is 0 Å². The minimum atomic E-state index is 0.228. The molecule has 2 aliphatic rings. The van der Waals surface area contributed by atoms with E-state index in [1.165, 1.54) is 32.1 Å². The van der Waals surface area contributed by atoms with Crippen LogP contribution in [0, 0.1) is 5.92 Å². The number of pyridine rings is 1. The smallest absolute Gasteiger partial charge is 0.223 e. The fraction of sp³-hybridized carbons (Fsp3) is 0.619. The van der Waals surface area contributed by atoms with Crippen LogP contribution in [0.15, 0.2) is 30.6 Å². The molecule has 2 fully saturated rings. The maximum absolute atomic E-state index is 12.7. The van der Waals surface area contributed by atoms with Crippen molar-refractivity contribution in [2.24, 2.45) is 5.92 Å². The molecule has 0 bridgehead atoms. The summed E-state index contributed by atoms with van der Waals surface area (Å²) in [5.41, 5.74) is 1.92. The van der Waals surface area contributed by atoms with E-state index in [9.17, 15) is 4.79 Å². The molecule has 26 heavy (non-hydrogen) atoms. The number of rotatable bonds is 5. The Morgan fingerprint density at radius 2 is 2.12 bits per heavy atom. The lowest BCUT2D eigenvalue weighted by atomic mass is 9.85. The molecule has 4 rings (SSSR count). The van der Waals surface area contributed by atoms with Gasteiger partial charge in [0, 0.05) is 31.9 Å². The summed E-state index contributed by atoms with van der Waals surface area (Å²) in [6.07, 6.45) is 13.4. The predicted molar refractivity (Wildman–Crippen MR) is 101 cm³/mol. The van der Waals surface area contributed by atoms with Gasteiger partial charge in [-0.3, -0.25) is 4.79 Å². The van der Waals surface area contributed by atoms with Crippen LogP contribution < -0.4 is 0 Å². The highest BCUT2D eigenvalue weighted by Crippen LogP contribution is 2.29. The van der Waals surface area contributed by atoms with Crippen molar-refractivity contribution < 1.29 is 9.53 Å². The van der Waals surface area contributed by atoms with Gasteiger partial charge in [0.25, 0.3) is 0 Å². The molecule has 1 aliphatic heterocycles. The number of morpholine rings is 1. The quantitative estimate of drug-likeness (QED) is 0.825. The predicted octanol–water partition coefficient (Wildman–Crippen LogP) is 3.46. The fourth-order valence-corrected chi connectivity index (χ4v) is 4.38. The van der Waals surface area contributed by atoms with Crippen molar-refractivity contribution in [2.75, 3.05) is 19.7 Å². The highest BCUT2D eigenvalue weighted by atomic mass is 16.5. The molecule has 0 spiro atoms. The van der Waals surface area contributed by atoms with Gasteiger partial charge in [-0.25, -0.2) is 4.98 Å². The van der Waals surface area contributed by atoms with Gasteiger partial charge in [0.2, 0.25) is 5.91 Å². The number of fused-ring (bicyclic) bond motifs is 1. The van der Waals surface area contributed by atoms with Crippen LogP contribution in [-0.4, -0.2) is 46.0 Å². The third-order valence-electron chi connectivity index (χ3n) is 5.82. The molecule has 1 saturated heterocycles. The lowest BCUT2D eigenvalue weighted by Crippen LogP contribution is -2.46. The highest BCUT2D eigenvalue weighted by molar-refractivity contribution is 5.76. The zero-order chi connectivity index (χ0) is 17.8. The standard InChI is InChI=1S/C21H29N3O2/c25-21(10-9-18-15-23-11-5-4-8-20(23)22-18)24-12-13-26-19(16-24)14-17-6-2-1-3-7-17/h4-5,8,11,15,17,19H,1-3,6-7,9-10,12-14,16H2/t19-/m1/s1. The lowest BCUT2D eigenvalue weighted by molar-refractivity contribution is -0.139. The molecule has 2 aromatic rings. The van der Waals surface area contributed by atoms with Crippen molar-refractivity contribution in [1.82, 2.24) is 14.3 Å². The summed E-state index contributed by atoms with van der Waals surface area (Å²) in [5, 5.41) is 0. The topological polar surface area (TPSA) is 46.8 Å². The van der Waals surface area contributed by atoms with Crippen LogP contribution in [0.5, 0.6) is 0 Å². The first kappa shape index (κ1) is 17.5. The van der Waals surface area contributed by atoms with Gasteiger partial charge in [0.15, 0.2) is 0 Å². The number of carbonyl (C=O) groups is 1. The van der Waals surface area contributed by atoms with E-state index >= 15 is 0 Å². The summed E-state index contributed by atoms with van der Waals surface area (Å²) in [4.78, 5) is 19.3. The normalized spacial score (nSPS) is 22.0. The van der Waals surface area contributed by atoms with E-state index in [0.717, 1.165) is 36.8 Å². The largest absolute Gasteiger partial charge is 0.375 e. The van der Waals surface area contributed by atoms with Gasteiger partial charge in [0.1, 0.15) is 5.65 Å². The minimum absolute atomic E-state index is 0.228. The van der Waals surface area contributed by atoms with E-state index < -0.39 is 0 Å². The minimum Gasteiger partial charge on any atom is -0.375 e. The van der Waals surface area contributed by atoms with Crippen LogP contribution in [0.25, 0.3) is 5.65 Å². The Kier molecular flexibility index (Phi) is 5.54. The number of carbonyl (C=O) groups excluding carboxylic acids is 1. The molecule has 1 saturated carbocycles. The Balaban J connectivity index is 1.28. The number of aryl methyl sites for hydroxylation is 1. The van der Waals surface area contributed by atoms with Crippen LogP contribution >= 0.6 is 0 Å². The molecule has 0 radical (unpaired) electrons. The Bertz CT molecular complexity index is 703. The molecular formula is C21H29N3O2. The first-order valence-corrected chi connectivity index (χ1v) is 10.1. The maximum Gasteiger partial charge on any atom is 0.223 e. The van der Waals surface area contributed by atoms with Gasteiger partial charge in [-0.05, 0) is 30.9 Å². The highest BCUT2D eigenvalue weighted by Gasteiger charge is 2.27. The average molecular weight is 355 g/mol. The zero-order valence-corrected chi connectivity index (χ0v) is 15.5.